The van der Waals surface area contributed by atoms with Crippen LogP contribution in [0.15, 0.2) is 121 Å². The van der Waals surface area contributed by atoms with E-state index in [2.05, 4.69) is 91.0 Å². The van der Waals surface area contributed by atoms with E-state index in [0.29, 0.717) is 0 Å². The van der Waals surface area contributed by atoms with Gasteiger partial charge in [0.1, 0.15) is 0 Å². The molecule has 5 heteroatoms. The van der Waals surface area contributed by atoms with Gasteiger partial charge in [0.05, 0.1) is 0 Å². The molecule has 0 N–H and O–H groups in total. The molecule has 31 heavy (non-hydrogen) atoms. The van der Waals surface area contributed by atoms with Gasteiger partial charge >= 0.3 is 166 Å². The van der Waals surface area contributed by atoms with Gasteiger partial charge in [0.15, 0.2) is 0 Å². The van der Waals surface area contributed by atoms with E-state index in [1.54, 1.807) is 9.37 Å². The van der Waals surface area contributed by atoms with E-state index in [9.17, 15) is 14.4 Å². The summed E-state index contributed by atoms with van der Waals surface area (Å²) in [5, 5.41) is 0. The Labute approximate surface area is 195 Å². The Kier molecular flexibility index (Phi) is 12.1. The van der Waals surface area contributed by atoms with E-state index in [-0.39, 0.29) is 0 Å². The van der Waals surface area contributed by atoms with Crippen LogP contribution in [-0.4, -0.2) is 35.5 Å². The predicted molar refractivity (Wildman–Crippen MR) is 123 cm³/mol. The van der Waals surface area contributed by atoms with Crippen LogP contribution in [0.25, 0.3) is 0 Å². The molecule has 0 heterocycles. The Hall–Kier alpha value is -2.64. The second kappa shape index (κ2) is 15.2. The molecule has 0 aliphatic carbocycles. The summed E-state index contributed by atoms with van der Waals surface area (Å²) in [5.74, 6) is 0. The molecule has 1 radical (unpaired) electrons. The monoisotopic (exact) mass is 686 g/mol. The van der Waals surface area contributed by atoms with Crippen molar-refractivity contribution in [3.8, 4) is 0 Å². The molecule has 4 rings (SSSR count). The third-order valence-electron chi connectivity index (χ3n) is 3.99. The molecule has 0 unspecified atom stereocenters. The molecule has 0 saturated heterocycles. The first-order valence-corrected chi connectivity index (χ1v) is 18.2. The molecule has 0 aliphatic rings. The molecule has 0 spiro atoms. The summed E-state index contributed by atoms with van der Waals surface area (Å²) >= 11 is -5.02. The second-order valence-electron chi connectivity index (χ2n) is 5.99. The Balaban J connectivity index is 0.000000234. The van der Waals surface area contributed by atoms with E-state index in [1.165, 1.54) is 12.8 Å². The SMILES string of the molecule is O=[C]=[Mo](=[C]=O)=[C]=O.c1cc[cH-]c1.c1cc[c]([Pb]([c]2ccccc2)[c]2ccccc2)cc1. The summed E-state index contributed by atoms with van der Waals surface area (Å²) in [7, 11) is 0. The minimum absolute atomic E-state index is 1.27. The van der Waals surface area contributed by atoms with Crippen molar-refractivity contribution in [2.24, 2.45) is 0 Å². The van der Waals surface area contributed by atoms with Crippen molar-refractivity contribution in [3.63, 3.8) is 0 Å². The topological polar surface area (TPSA) is 51.2 Å². The summed E-state index contributed by atoms with van der Waals surface area (Å²) in [6.07, 6.45) is 0. The molecule has 4 aromatic rings. The van der Waals surface area contributed by atoms with E-state index in [0.717, 1.165) is 0 Å². The van der Waals surface area contributed by atoms with E-state index >= 15 is 0 Å². The van der Waals surface area contributed by atoms with Crippen LogP contribution in [0, 0.1) is 0 Å². The van der Waals surface area contributed by atoms with Crippen molar-refractivity contribution in [1.29, 1.82) is 0 Å². The van der Waals surface area contributed by atoms with Crippen LogP contribution in [0.1, 0.15) is 0 Å². The molecule has 0 aliphatic heterocycles. The van der Waals surface area contributed by atoms with Gasteiger partial charge in [-0.25, -0.2) is 12.1 Å². The van der Waals surface area contributed by atoms with Crippen molar-refractivity contribution in [3.05, 3.63) is 121 Å². The van der Waals surface area contributed by atoms with Crippen molar-refractivity contribution in [2.45, 2.75) is 0 Å². The standard InChI is InChI=1S/3C6H5.C5H5.3CO.Mo.Pb/c3*1-2-4-6-5-3-1;1-2-4-5-3-1;3*1-2;;/h3*1-5H;1-5H;;;;;/q;;;-1;;;;;. The Morgan fingerprint density at radius 2 is 0.839 bits per heavy atom. The fourth-order valence-corrected chi connectivity index (χ4v) is 13.0. The summed E-state index contributed by atoms with van der Waals surface area (Å²) in [5.41, 5.74) is 0. The summed E-state index contributed by atoms with van der Waals surface area (Å²) in [4.78, 5) is 28.2. The van der Waals surface area contributed by atoms with Gasteiger partial charge in [0, 0.05) is 0 Å². The van der Waals surface area contributed by atoms with E-state index in [4.69, 9.17) is 0 Å². The third-order valence-corrected chi connectivity index (χ3v) is 15.8. The third kappa shape index (κ3) is 8.94. The number of benzene rings is 3. The number of hydrogen-bond donors (Lipinski definition) is 0. The number of rotatable bonds is 3. The van der Waals surface area contributed by atoms with Crippen LogP contribution in [0.3, 0.4) is 0 Å². The van der Waals surface area contributed by atoms with Crippen LogP contribution in [0.5, 0.6) is 0 Å². The van der Waals surface area contributed by atoms with Gasteiger partial charge < -0.3 is 0 Å². The van der Waals surface area contributed by atoms with Crippen molar-refractivity contribution in [2.75, 3.05) is 0 Å². The average molecular weight is 684 g/mol. The number of hydrogen-bond acceptors (Lipinski definition) is 3. The summed E-state index contributed by atoms with van der Waals surface area (Å²) in [6, 6.07) is 43.0. The Morgan fingerprint density at radius 1 is 0.516 bits per heavy atom. The zero-order chi connectivity index (χ0) is 22.2. The second-order valence-corrected chi connectivity index (χ2v) is 18.4. The molecule has 4 aromatic carbocycles. The predicted octanol–water partition coefficient (Wildman–Crippen LogP) is 2.41. The summed E-state index contributed by atoms with van der Waals surface area (Å²) < 4.78 is 8.46. The van der Waals surface area contributed by atoms with Crippen molar-refractivity contribution in [1.82, 2.24) is 0 Å². The van der Waals surface area contributed by atoms with Crippen LogP contribution < -0.4 is 9.37 Å². The molecule has 0 aromatic heterocycles. The average Bonchev–Trinajstić information content (AvgIpc) is 3.44. The zero-order valence-corrected chi connectivity index (χ0v) is 22.6. The van der Waals surface area contributed by atoms with Gasteiger partial charge in [-0.3, -0.25) is 0 Å². The van der Waals surface area contributed by atoms with Crippen molar-refractivity contribution < 1.29 is 30.3 Å². The fraction of sp³-hybridized carbons (Fsp3) is 0. The van der Waals surface area contributed by atoms with Gasteiger partial charge in [-0.15, -0.1) is 0 Å². The molecule has 0 fully saturated rings. The van der Waals surface area contributed by atoms with Crippen LogP contribution in [0.2, 0.25) is 0 Å². The summed E-state index contributed by atoms with van der Waals surface area (Å²) in [6.45, 7) is 0. The van der Waals surface area contributed by atoms with Gasteiger partial charge in [-0.05, 0) is 0 Å². The van der Waals surface area contributed by atoms with Crippen LogP contribution in [0.4, 0.5) is 0 Å². The van der Waals surface area contributed by atoms with Crippen LogP contribution in [-0.2, 0) is 30.3 Å². The molecular weight excluding hydrogens is 663 g/mol. The molecule has 0 amide bonds. The van der Waals surface area contributed by atoms with Crippen LogP contribution >= 0.6 is 0 Å². The molecule has 0 saturated carbocycles. The molecular formula is C26H20MoO3Pb-. The van der Waals surface area contributed by atoms with Gasteiger partial charge in [0.25, 0.3) is 0 Å². The first-order valence-electron chi connectivity index (χ1n) is 9.37. The molecule has 0 bridgehead atoms. The van der Waals surface area contributed by atoms with E-state index < -0.39 is 38.6 Å². The molecule has 153 valence electrons. The Bertz CT molecular complexity index is 1080. The molecule has 3 nitrogen and oxygen atoms in total. The zero-order valence-electron chi connectivity index (χ0n) is 16.7. The maximum atomic E-state index is 9.39. The van der Waals surface area contributed by atoms with Crippen molar-refractivity contribution >= 4 is 44.9 Å². The maximum absolute atomic E-state index is 9.39. The normalized spacial score (nSPS) is 8.94. The minimum atomic E-state index is -2.85. The van der Waals surface area contributed by atoms with Gasteiger partial charge in [-0.1, -0.05) is 0 Å². The first kappa shape index (κ1) is 24.6. The van der Waals surface area contributed by atoms with Gasteiger partial charge in [0.2, 0.25) is 0 Å². The van der Waals surface area contributed by atoms with Gasteiger partial charge in [-0.2, -0.15) is 18.2 Å². The Morgan fingerprint density at radius 3 is 1.03 bits per heavy atom. The fourth-order valence-electron chi connectivity index (χ4n) is 2.69. The van der Waals surface area contributed by atoms with E-state index in [1.807, 2.05) is 30.3 Å². The molecule has 0 atom stereocenters. The first-order chi connectivity index (χ1) is 15.3. The quantitative estimate of drug-likeness (QED) is 0.247. The number of carbonyl (C=O) groups excluding carboxylic acids is 3.